The van der Waals surface area contributed by atoms with E-state index in [9.17, 15) is 9.59 Å². The van der Waals surface area contributed by atoms with Gasteiger partial charge < -0.3 is 14.5 Å². The lowest BCUT2D eigenvalue weighted by Crippen LogP contribution is -2.32. The third kappa shape index (κ3) is 4.16. The van der Waals surface area contributed by atoms with Gasteiger partial charge in [-0.25, -0.2) is 4.98 Å². The Hall–Kier alpha value is -2.56. The lowest BCUT2D eigenvalue weighted by atomic mass is 10.2. The number of rotatable bonds is 6. The van der Waals surface area contributed by atoms with Crippen LogP contribution in [0.15, 0.2) is 35.4 Å². The van der Waals surface area contributed by atoms with Crippen molar-refractivity contribution >= 4 is 34.3 Å². The molecule has 1 N–H and O–H groups in total. The fourth-order valence-electron chi connectivity index (χ4n) is 3.28. The number of hydrogen-bond donors (Lipinski definition) is 1. The third-order valence-electron chi connectivity index (χ3n) is 5.23. The van der Waals surface area contributed by atoms with Crippen LogP contribution in [0.1, 0.15) is 48.8 Å². The first-order valence-electron chi connectivity index (χ1n) is 9.93. The molecule has 0 aliphatic heterocycles. The summed E-state index contributed by atoms with van der Waals surface area (Å²) in [5.74, 6) is 1.06. The maximum absolute atomic E-state index is 13.0. The summed E-state index contributed by atoms with van der Waals surface area (Å²) in [5, 5.41) is 10.9. The van der Waals surface area contributed by atoms with Gasteiger partial charge >= 0.3 is 0 Å². The molecule has 0 bridgehead atoms. The van der Waals surface area contributed by atoms with Crippen molar-refractivity contribution in [2.24, 2.45) is 5.92 Å². The molecule has 0 saturated heterocycles. The molecule has 3 aromatic rings. The highest BCUT2D eigenvalue weighted by Crippen LogP contribution is 2.31. The molecule has 8 nitrogen and oxygen atoms in total. The third-order valence-corrected chi connectivity index (χ3v) is 6.32. The average Bonchev–Trinajstić information content (AvgIpc) is 3.39. The van der Waals surface area contributed by atoms with Gasteiger partial charge in [-0.2, -0.15) is 0 Å². The number of nitrogens with zero attached hydrogens (tertiary/aromatic N) is 5. The van der Waals surface area contributed by atoms with Crippen LogP contribution in [0, 0.1) is 16.4 Å². The van der Waals surface area contributed by atoms with Gasteiger partial charge in [0.05, 0.1) is 0 Å². The van der Waals surface area contributed by atoms with Gasteiger partial charge in [0.25, 0.3) is 11.5 Å². The fourth-order valence-corrected chi connectivity index (χ4v) is 3.88. The van der Waals surface area contributed by atoms with Crippen molar-refractivity contribution in [2.75, 3.05) is 5.32 Å². The Morgan fingerprint density at radius 2 is 2.10 bits per heavy atom. The van der Waals surface area contributed by atoms with E-state index in [2.05, 4.69) is 43.1 Å². The largest absolute Gasteiger partial charge is 0.311 e. The highest BCUT2D eigenvalue weighted by molar-refractivity contribution is 14.1. The number of anilines is 1. The van der Waals surface area contributed by atoms with Crippen LogP contribution in [-0.2, 0) is 6.54 Å². The van der Waals surface area contributed by atoms with Crippen molar-refractivity contribution in [3.63, 3.8) is 0 Å². The lowest BCUT2D eigenvalue weighted by Gasteiger charge is -2.14. The van der Waals surface area contributed by atoms with E-state index in [1.165, 1.54) is 0 Å². The van der Waals surface area contributed by atoms with Gasteiger partial charge in [0.2, 0.25) is 0 Å². The monoisotopic (exact) mass is 518 g/mol. The minimum absolute atomic E-state index is 0.128. The standard InChI is InChI=1S/C21H23IN6O2/c1-12(2)28-11-23-26-19(28)17-5-4-6-18(24-17)25-20(29)15-9-16(22)13(3)27(21(15)30)10-14-7-8-14/h4-6,9,11-12,14H,7-8,10H2,1-3H3,(H,24,25,29). The summed E-state index contributed by atoms with van der Waals surface area (Å²) < 4.78 is 4.53. The quantitative estimate of drug-likeness (QED) is 0.503. The Morgan fingerprint density at radius 1 is 1.33 bits per heavy atom. The SMILES string of the molecule is Cc1c(I)cc(C(=O)Nc2cccc(-c3nncn3C(C)C)n2)c(=O)n1CC1CC1. The second-order valence-corrected chi connectivity index (χ2v) is 9.03. The number of carbonyl (C=O) groups is 1. The van der Waals surface area contributed by atoms with Gasteiger partial charge in [-0.05, 0) is 80.3 Å². The molecule has 156 valence electrons. The maximum Gasteiger partial charge on any atom is 0.263 e. The average molecular weight is 518 g/mol. The zero-order chi connectivity index (χ0) is 21.4. The zero-order valence-electron chi connectivity index (χ0n) is 17.1. The van der Waals surface area contributed by atoms with E-state index in [0.717, 1.165) is 22.1 Å². The smallest absolute Gasteiger partial charge is 0.263 e. The van der Waals surface area contributed by atoms with Crippen LogP contribution in [0.3, 0.4) is 0 Å². The molecule has 1 aliphatic carbocycles. The summed E-state index contributed by atoms with van der Waals surface area (Å²) in [4.78, 5) is 30.4. The number of aromatic nitrogens is 5. The molecular formula is C21H23IN6O2. The van der Waals surface area contributed by atoms with Gasteiger partial charge in [-0.3, -0.25) is 9.59 Å². The summed E-state index contributed by atoms with van der Waals surface area (Å²) in [7, 11) is 0. The molecule has 3 aromatic heterocycles. The van der Waals surface area contributed by atoms with Gasteiger partial charge in [0.1, 0.15) is 23.4 Å². The first-order valence-corrected chi connectivity index (χ1v) is 11.0. The predicted octanol–water partition coefficient (Wildman–Crippen LogP) is 3.66. The summed E-state index contributed by atoms with van der Waals surface area (Å²) in [6, 6.07) is 7.13. The van der Waals surface area contributed by atoms with Crippen LogP contribution in [0.5, 0.6) is 0 Å². The zero-order valence-corrected chi connectivity index (χ0v) is 19.3. The topological polar surface area (TPSA) is 94.7 Å². The maximum atomic E-state index is 13.0. The molecule has 4 rings (SSSR count). The number of halogens is 1. The van der Waals surface area contributed by atoms with Crippen molar-refractivity contribution in [3.8, 4) is 11.5 Å². The molecule has 1 saturated carbocycles. The number of pyridine rings is 2. The normalized spacial score (nSPS) is 13.6. The van der Waals surface area contributed by atoms with E-state index in [4.69, 9.17) is 0 Å². The molecule has 1 amide bonds. The number of carbonyl (C=O) groups excluding carboxylic acids is 1. The van der Waals surface area contributed by atoms with Crippen molar-refractivity contribution in [1.29, 1.82) is 0 Å². The number of nitrogens with one attached hydrogen (secondary N) is 1. The van der Waals surface area contributed by atoms with Crippen molar-refractivity contribution in [3.05, 3.63) is 55.8 Å². The number of amides is 1. The first-order chi connectivity index (χ1) is 14.3. The molecule has 1 fully saturated rings. The van der Waals surface area contributed by atoms with Crippen LogP contribution in [0.25, 0.3) is 11.5 Å². The van der Waals surface area contributed by atoms with E-state index in [1.807, 2.05) is 31.4 Å². The minimum Gasteiger partial charge on any atom is -0.311 e. The number of hydrogen-bond acceptors (Lipinski definition) is 5. The molecule has 0 atom stereocenters. The Morgan fingerprint density at radius 3 is 2.80 bits per heavy atom. The van der Waals surface area contributed by atoms with Gasteiger partial charge in [-0.1, -0.05) is 6.07 Å². The van der Waals surface area contributed by atoms with Crippen molar-refractivity contribution < 1.29 is 4.79 Å². The molecule has 0 spiro atoms. The summed E-state index contributed by atoms with van der Waals surface area (Å²) in [6.07, 6.45) is 3.93. The summed E-state index contributed by atoms with van der Waals surface area (Å²) in [5.41, 5.74) is 1.37. The molecule has 3 heterocycles. The molecule has 1 aliphatic rings. The van der Waals surface area contributed by atoms with E-state index in [1.54, 1.807) is 29.1 Å². The molecule has 0 unspecified atom stereocenters. The highest BCUT2D eigenvalue weighted by Gasteiger charge is 2.25. The first kappa shape index (κ1) is 20.7. The Labute approximate surface area is 187 Å². The second kappa shape index (κ2) is 8.29. The van der Waals surface area contributed by atoms with Gasteiger partial charge in [0.15, 0.2) is 5.82 Å². The predicted molar refractivity (Wildman–Crippen MR) is 122 cm³/mol. The van der Waals surface area contributed by atoms with E-state index in [-0.39, 0.29) is 17.2 Å². The molecule has 9 heteroatoms. The van der Waals surface area contributed by atoms with Crippen molar-refractivity contribution in [1.82, 2.24) is 24.3 Å². The van der Waals surface area contributed by atoms with Crippen LogP contribution in [0.2, 0.25) is 0 Å². The fraction of sp³-hybridized carbons (Fsp3) is 0.381. The minimum atomic E-state index is -0.461. The van der Waals surface area contributed by atoms with Crippen LogP contribution >= 0.6 is 22.6 Å². The summed E-state index contributed by atoms with van der Waals surface area (Å²) >= 11 is 2.17. The van der Waals surface area contributed by atoms with Crippen LogP contribution in [-0.4, -0.2) is 30.2 Å². The Kier molecular flexibility index (Phi) is 5.72. The van der Waals surface area contributed by atoms with E-state index < -0.39 is 5.91 Å². The van der Waals surface area contributed by atoms with E-state index >= 15 is 0 Å². The second-order valence-electron chi connectivity index (χ2n) is 7.87. The van der Waals surface area contributed by atoms with Crippen LogP contribution in [0.4, 0.5) is 5.82 Å². The van der Waals surface area contributed by atoms with Crippen molar-refractivity contribution in [2.45, 2.75) is 46.2 Å². The van der Waals surface area contributed by atoms with E-state index in [0.29, 0.717) is 29.8 Å². The highest BCUT2D eigenvalue weighted by atomic mass is 127. The van der Waals surface area contributed by atoms with Crippen LogP contribution < -0.4 is 10.9 Å². The van der Waals surface area contributed by atoms with Gasteiger partial charge in [-0.15, -0.1) is 10.2 Å². The molecule has 0 radical (unpaired) electrons. The Balaban J connectivity index is 1.63. The lowest BCUT2D eigenvalue weighted by molar-refractivity contribution is 0.102. The molecular weight excluding hydrogens is 495 g/mol. The molecule has 30 heavy (non-hydrogen) atoms. The summed E-state index contributed by atoms with van der Waals surface area (Å²) in [6.45, 7) is 6.65. The van der Waals surface area contributed by atoms with Gasteiger partial charge in [0, 0.05) is 21.9 Å². The molecule has 0 aromatic carbocycles. The Bertz CT molecular complexity index is 1160.